The van der Waals surface area contributed by atoms with Crippen LogP contribution in [-0.2, 0) is 9.47 Å². The zero-order chi connectivity index (χ0) is 23.8. The number of ether oxygens (including phenoxy) is 2. The summed E-state index contributed by atoms with van der Waals surface area (Å²) in [4.78, 5) is 26.3. The van der Waals surface area contributed by atoms with Crippen LogP contribution in [-0.4, -0.2) is 24.1 Å². The van der Waals surface area contributed by atoms with Crippen molar-refractivity contribution in [3.8, 4) is 0 Å². The van der Waals surface area contributed by atoms with Crippen molar-refractivity contribution in [3.05, 3.63) is 32.9 Å². The maximum absolute atomic E-state index is 13.2. The molecule has 0 aliphatic heterocycles. The molecule has 0 amide bonds. The molecule has 0 spiro atoms. The number of halogens is 1. The van der Waals surface area contributed by atoms with E-state index in [0.29, 0.717) is 0 Å². The van der Waals surface area contributed by atoms with E-state index in [1.807, 2.05) is 6.07 Å². The zero-order valence-electron chi connectivity index (χ0n) is 20.6. The van der Waals surface area contributed by atoms with Crippen molar-refractivity contribution >= 4 is 34.5 Å². The molecule has 2 atom stereocenters. The average molecular weight is 545 g/mol. The number of hydrogen-bond donors (Lipinski definition) is 0. The van der Waals surface area contributed by atoms with Crippen molar-refractivity contribution in [3.63, 3.8) is 0 Å². The minimum Gasteiger partial charge on any atom is -0.458 e. The summed E-state index contributed by atoms with van der Waals surface area (Å²) in [6.45, 7) is 16.7. The fourth-order valence-electron chi connectivity index (χ4n) is 3.37. The molecule has 0 heterocycles. The quantitative estimate of drug-likeness (QED) is 0.223. The molecule has 1 aromatic carbocycles. The van der Waals surface area contributed by atoms with Gasteiger partial charge in [0.05, 0.1) is 11.1 Å². The Morgan fingerprint density at radius 3 is 1.61 bits per heavy atom. The largest absolute Gasteiger partial charge is 0.458 e. The summed E-state index contributed by atoms with van der Waals surface area (Å²) in [5, 5.41) is 0. The molecule has 0 aromatic heterocycles. The second-order valence-electron chi connectivity index (χ2n) is 10.5. The SMILES string of the molecule is CCCCC(OC(=O)c1ccc(I)cc1C(=O)OC(CCCC)C(C)(C)C)C(C)(C)C. The predicted molar refractivity (Wildman–Crippen MR) is 136 cm³/mol. The fraction of sp³-hybridized carbons (Fsp3) is 0.692. The lowest BCUT2D eigenvalue weighted by atomic mass is 9.86. The van der Waals surface area contributed by atoms with E-state index in [1.54, 1.807) is 12.1 Å². The van der Waals surface area contributed by atoms with Gasteiger partial charge < -0.3 is 9.47 Å². The van der Waals surface area contributed by atoms with Crippen LogP contribution in [0.2, 0.25) is 0 Å². The Bertz CT molecular complexity index is 728. The van der Waals surface area contributed by atoms with Gasteiger partial charge in [-0.05, 0) is 64.5 Å². The van der Waals surface area contributed by atoms with Crippen LogP contribution in [0.1, 0.15) is 115 Å². The molecular formula is C26H41IO4. The average Bonchev–Trinajstić information content (AvgIpc) is 2.66. The van der Waals surface area contributed by atoms with Gasteiger partial charge in [-0.2, -0.15) is 0 Å². The predicted octanol–water partition coefficient (Wildman–Crippen LogP) is 7.81. The number of esters is 2. The van der Waals surface area contributed by atoms with E-state index >= 15 is 0 Å². The van der Waals surface area contributed by atoms with Gasteiger partial charge in [0.1, 0.15) is 12.2 Å². The van der Waals surface area contributed by atoms with Gasteiger partial charge in [-0.15, -0.1) is 0 Å². The molecule has 176 valence electrons. The number of hydrogen-bond acceptors (Lipinski definition) is 4. The lowest BCUT2D eigenvalue weighted by molar-refractivity contribution is -0.0106. The molecule has 0 radical (unpaired) electrons. The van der Waals surface area contributed by atoms with Crippen LogP contribution in [0.5, 0.6) is 0 Å². The van der Waals surface area contributed by atoms with E-state index in [4.69, 9.17) is 9.47 Å². The highest BCUT2D eigenvalue weighted by Gasteiger charge is 2.32. The van der Waals surface area contributed by atoms with Gasteiger partial charge in [-0.25, -0.2) is 9.59 Å². The Labute approximate surface area is 203 Å². The molecule has 1 rings (SSSR count). The molecule has 31 heavy (non-hydrogen) atoms. The van der Waals surface area contributed by atoms with Crippen LogP contribution >= 0.6 is 22.6 Å². The third-order valence-electron chi connectivity index (χ3n) is 5.49. The Hall–Kier alpha value is -1.11. The topological polar surface area (TPSA) is 52.6 Å². The zero-order valence-corrected chi connectivity index (χ0v) is 22.8. The van der Waals surface area contributed by atoms with Crippen molar-refractivity contribution in [1.82, 2.24) is 0 Å². The third kappa shape index (κ3) is 9.11. The number of rotatable bonds is 10. The second-order valence-corrected chi connectivity index (χ2v) is 11.7. The molecule has 0 aliphatic carbocycles. The molecule has 0 fully saturated rings. The Morgan fingerprint density at radius 2 is 1.23 bits per heavy atom. The van der Waals surface area contributed by atoms with Gasteiger partial charge in [0.2, 0.25) is 0 Å². The lowest BCUT2D eigenvalue weighted by Gasteiger charge is -2.31. The summed E-state index contributed by atoms with van der Waals surface area (Å²) in [6.07, 6.45) is 5.23. The monoisotopic (exact) mass is 544 g/mol. The van der Waals surface area contributed by atoms with E-state index in [0.717, 1.165) is 42.1 Å². The highest BCUT2D eigenvalue weighted by Crippen LogP contribution is 2.30. The molecule has 0 bridgehead atoms. The van der Waals surface area contributed by atoms with E-state index in [1.165, 1.54) is 0 Å². The summed E-state index contributed by atoms with van der Waals surface area (Å²) in [7, 11) is 0. The standard InChI is InChI=1S/C26H41IO4/c1-9-11-13-21(25(3,4)5)30-23(28)19-16-15-18(27)17-20(19)24(29)31-22(14-12-10-2)26(6,7)8/h15-17,21-22H,9-14H2,1-8H3. The van der Waals surface area contributed by atoms with Crippen molar-refractivity contribution in [1.29, 1.82) is 0 Å². The third-order valence-corrected chi connectivity index (χ3v) is 6.16. The highest BCUT2D eigenvalue weighted by molar-refractivity contribution is 14.1. The van der Waals surface area contributed by atoms with Crippen LogP contribution in [0.4, 0.5) is 0 Å². The summed E-state index contributed by atoms with van der Waals surface area (Å²) in [5.41, 5.74) is 0.210. The normalized spacial score (nSPS) is 14.1. The maximum atomic E-state index is 13.2. The van der Waals surface area contributed by atoms with Crippen LogP contribution in [0, 0.1) is 14.4 Å². The molecule has 0 saturated carbocycles. The molecule has 1 aromatic rings. The van der Waals surface area contributed by atoms with Crippen LogP contribution < -0.4 is 0 Å². The summed E-state index contributed by atoms with van der Waals surface area (Å²) >= 11 is 2.15. The van der Waals surface area contributed by atoms with Crippen LogP contribution in [0.15, 0.2) is 18.2 Å². The molecule has 0 saturated heterocycles. The van der Waals surface area contributed by atoms with Crippen molar-refractivity contribution in [2.75, 3.05) is 0 Å². The first-order valence-corrected chi connectivity index (χ1v) is 12.6. The van der Waals surface area contributed by atoms with Crippen LogP contribution in [0.3, 0.4) is 0 Å². The van der Waals surface area contributed by atoms with Gasteiger partial charge in [0.15, 0.2) is 0 Å². The first-order valence-electron chi connectivity index (χ1n) is 11.5. The van der Waals surface area contributed by atoms with Crippen molar-refractivity contribution < 1.29 is 19.1 Å². The highest BCUT2D eigenvalue weighted by atomic mass is 127. The Morgan fingerprint density at radius 1 is 0.806 bits per heavy atom. The number of carbonyl (C=O) groups is 2. The molecule has 5 heteroatoms. The Balaban J connectivity index is 3.17. The first kappa shape index (κ1) is 27.9. The first-order chi connectivity index (χ1) is 14.3. The smallest absolute Gasteiger partial charge is 0.339 e. The molecule has 0 aliphatic rings. The summed E-state index contributed by atoms with van der Waals surface area (Å²) in [6, 6.07) is 5.22. The van der Waals surface area contributed by atoms with Crippen molar-refractivity contribution in [2.24, 2.45) is 10.8 Å². The summed E-state index contributed by atoms with van der Waals surface area (Å²) < 4.78 is 12.7. The second kappa shape index (κ2) is 12.2. The minimum atomic E-state index is -0.458. The van der Waals surface area contributed by atoms with Crippen molar-refractivity contribution in [2.45, 2.75) is 106 Å². The van der Waals surface area contributed by atoms with Gasteiger partial charge >= 0.3 is 11.9 Å². The van der Waals surface area contributed by atoms with Gasteiger partial charge in [0.25, 0.3) is 0 Å². The fourth-order valence-corrected chi connectivity index (χ4v) is 3.86. The van der Waals surface area contributed by atoms with E-state index in [-0.39, 0.29) is 34.2 Å². The molecule has 0 N–H and O–H groups in total. The molecule has 2 unspecified atom stereocenters. The summed E-state index contributed by atoms with van der Waals surface area (Å²) in [5.74, 6) is -0.914. The Kier molecular flexibility index (Phi) is 11.0. The van der Waals surface area contributed by atoms with E-state index in [2.05, 4.69) is 78.0 Å². The maximum Gasteiger partial charge on any atom is 0.339 e. The van der Waals surface area contributed by atoms with E-state index < -0.39 is 11.9 Å². The van der Waals surface area contributed by atoms with Gasteiger partial charge in [-0.1, -0.05) is 81.1 Å². The molecular weight excluding hydrogens is 503 g/mol. The van der Waals surface area contributed by atoms with Crippen LogP contribution in [0.25, 0.3) is 0 Å². The molecule has 4 nitrogen and oxygen atoms in total. The number of unbranched alkanes of at least 4 members (excludes halogenated alkanes) is 2. The minimum absolute atomic E-state index is 0.174. The van der Waals surface area contributed by atoms with Gasteiger partial charge in [-0.3, -0.25) is 0 Å². The number of carbonyl (C=O) groups excluding carboxylic acids is 2. The van der Waals surface area contributed by atoms with Gasteiger partial charge in [0, 0.05) is 3.57 Å². The number of benzene rings is 1. The van der Waals surface area contributed by atoms with E-state index in [9.17, 15) is 9.59 Å². The lowest BCUT2D eigenvalue weighted by Crippen LogP contribution is -2.33.